The monoisotopic (exact) mass is 329 g/mol. The molecule has 0 spiro atoms. The smallest absolute Gasteiger partial charge is 0.207 e. The maximum absolute atomic E-state index is 13.0. The molecular formula is C18H16FNO2S. The average Bonchev–Trinajstić information content (AvgIpc) is 2.55. The first-order valence-electron chi connectivity index (χ1n) is 7.17. The van der Waals surface area contributed by atoms with E-state index in [1.807, 2.05) is 42.5 Å². The molecule has 0 aromatic heterocycles. The van der Waals surface area contributed by atoms with Crippen LogP contribution in [0.25, 0.3) is 10.8 Å². The van der Waals surface area contributed by atoms with Crippen LogP contribution in [0.1, 0.15) is 5.56 Å². The first-order chi connectivity index (χ1) is 11.0. The Bertz CT molecular complexity index is 931. The Morgan fingerprint density at radius 2 is 1.57 bits per heavy atom. The number of rotatable bonds is 4. The van der Waals surface area contributed by atoms with Gasteiger partial charge in [0.25, 0.3) is 0 Å². The molecule has 0 unspecified atom stereocenters. The van der Waals surface area contributed by atoms with Crippen LogP contribution in [-0.4, -0.2) is 19.8 Å². The van der Waals surface area contributed by atoms with Gasteiger partial charge in [0.15, 0.2) is 0 Å². The van der Waals surface area contributed by atoms with Gasteiger partial charge in [0.2, 0.25) is 10.0 Å². The largest absolute Gasteiger partial charge is 0.243 e. The molecule has 0 saturated carbocycles. The van der Waals surface area contributed by atoms with Crippen molar-refractivity contribution in [1.82, 2.24) is 4.31 Å². The fourth-order valence-corrected chi connectivity index (χ4v) is 3.69. The van der Waals surface area contributed by atoms with Crippen molar-refractivity contribution in [2.24, 2.45) is 0 Å². The summed E-state index contributed by atoms with van der Waals surface area (Å²) in [7, 11) is -2.13. The van der Waals surface area contributed by atoms with Gasteiger partial charge in [-0.2, -0.15) is 4.31 Å². The van der Waals surface area contributed by atoms with E-state index in [1.54, 1.807) is 0 Å². The Morgan fingerprint density at radius 3 is 2.30 bits per heavy atom. The summed E-state index contributed by atoms with van der Waals surface area (Å²) in [4.78, 5) is 0.0848. The van der Waals surface area contributed by atoms with Crippen LogP contribution in [0.4, 0.5) is 4.39 Å². The molecule has 0 aliphatic rings. The molecule has 0 aliphatic heterocycles. The number of nitrogens with zero attached hydrogens (tertiary/aromatic N) is 1. The van der Waals surface area contributed by atoms with Crippen LogP contribution in [0.3, 0.4) is 0 Å². The summed E-state index contributed by atoms with van der Waals surface area (Å²) in [6, 6.07) is 18.5. The van der Waals surface area contributed by atoms with Crippen molar-refractivity contribution < 1.29 is 12.8 Å². The zero-order chi connectivity index (χ0) is 16.4. The fourth-order valence-electron chi connectivity index (χ4n) is 2.54. The lowest BCUT2D eigenvalue weighted by atomic mass is 10.0. The minimum Gasteiger partial charge on any atom is -0.207 e. The molecule has 0 amide bonds. The third-order valence-electron chi connectivity index (χ3n) is 3.79. The van der Waals surface area contributed by atoms with Crippen LogP contribution in [0.5, 0.6) is 0 Å². The van der Waals surface area contributed by atoms with Crippen LogP contribution in [-0.2, 0) is 16.6 Å². The third-order valence-corrected chi connectivity index (χ3v) is 5.61. The average molecular weight is 329 g/mol. The predicted molar refractivity (Wildman–Crippen MR) is 89.0 cm³/mol. The Labute approximate surface area is 135 Å². The molecule has 118 valence electrons. The van der Waals surface area contributed by atoms with Crippen LogP contribution in [0.2, 0.25) is 0 Å². The molecular weight excluding hydrogens is 313 g/mol. The molecule has 3 nitrogen and oxygen atoms in total. The van der Waals surface area contributed by atoms with Gasteiger partial charge in [-0.3, -0.25) is 0 Å². The van der Waals surface area contributed by atoms with E-state index in [0.717, 1.165) is 28.5 Å². The van der Waals surface area contributed by atoms with Crippen molar-refractivity contribution in [3.05, 3.63) is 78.1 Å². The number of benzene rings is 3. The number of hydrogen-bond acceptors (Lipinski definition) is 2. The zero-order valence-electron chi connectivity index (χ0n) is 12.6. The van der Waals surface area contributed by atoms with Crippen LogP contribution in [0, 0.1) is 5.82 Å². The number of fused-ring (bicyclic) bond motifs is 1. The lowest BCUT2D eigenvalue weighted by Crippen LogP contribution is -2.26. The van der Waals surface area contributed by atoms with Gasteiger partial charge in [-0.1, -0.05) is 42.5 Å². The van der Waals surface area contributed by atoms with Gasteiger partial charge in [0.1, 0.15) is 5.82 Å². The molecule has 5 heteroatoms. The second-order valence-corrected chi connectivity index (χ2v) is 7.40. The standard InChI is InChI=1S/C18H16FNO2S/c1-20(23(21,22)17-11-9-16(19)10-12-17)13-15-7-4-6-14-5-2-3-8-18(14)15/h2-12H,13H2,1H3. The Kier molecular flexibility index (Phi) is 4.15. The molecule has 23 heavy (non-hydrogen) atoms. The van der Waals surface area contributed by atoms with Gasteiger partial charge < -0.3 is 0 Å². The maximum Gasteiger partial charge on any atom is 0.243 e. The molecule has 3 aromatic rings. The maximum atomic E-state index is 13.0. The highest BCUT2D eigenvalue weighted by atomic mass is 32.2. The highest BCUT2D eigenvalue weighted by Crippen LogP contribution is 2.22. The second kappa shape index (κ2) is 6.10. The van der Waals surface area contributed by atoms with Crippen LogP contribution >= 0.6 is 0 Å². The second-order valence-electron chi connectivity index (χ2n) is 5.35. The third kappa shape index (κ3) is 3.11. The summed E-state index contributed by atoms with van der Waals surface area (Å²) < 4.78 is 39.4. The quantitative estimate of drug-likeness (QED) is 0.730. The highest BCUT2D eigenvalue weighted by Gasteiger charge is 2.21. The van der Waals surface area contributed by atoms with E-state index in [-0.39, 0.29) is 11.4 Å². The molecule has 0 saturated heterocycles. The molecule has 0 bridgehead atoms. The summed E-state index contributed by atoms with van der Waals surface area (Å²) in [5, 5.41) is 2.09. The van der Waals surface area contributed by atoms with E-state index in [9.17, 15) is 12.8 Å². The Hall–Kier alpha value is -2.24. The van der Waals surface area contributed by atoms with Crippen molar-refractivity contribution in [2.45, 2.75) is 11.4 Å². The molecule has 0 heterocycles. The first-order valence-corrected chi connectivity index (χ1v) is 8.61. The van der Waals surface area contributed by atoms with E-state index in [0.29, 0.717) is 0 Å². The Balaban J connectivity index is 1.94. The summed E-state index contributed by atoms with van der Waals surface area (Å²) >= 11 is 0. The summed E-state index contributed by atoms with van der Waals surface area (Å²) in [6.45, 7) is 0.251. The Morgan fingerprint density at radius 1 is 0.913 bits per heavy atom. The lowest BCUT2D eigenvalue weighted by Gasteiger charge is -2.18. The van der Waals surface area contributed by atoms with Crippen LogP contribution in [0.15, 0.2) is 71.6 Å². The van der Waals surface area contributed by atoms with Crippen molar-refractivity contribution >= 4 is 20.8 Å². The van der Waals surface area contributed by atoms with E-state index in [2.05, 4.69) is 0 Å². The van der Waals surface area contributed by atoms with E-state index < -0.39 is 15.8 Å². The van der Waals surface area contributed by atoms with Crippen molar-refractivity contribution in [1.29, 1.82) is 0 Å². The summed E-state index contributed by atoms with van der Waals surface area (Å²) in [5.74, 6) is -0.458. The van der Waals surface area contributed by atoms with Crippen molar-refractivity contribution in [3.8, 4) is 0 Å². The summed E-state index contributed by atoms with van der Waals surface area (Å²) in [5.41, 5.74) is 0.927. The normalized spacial score (nSPS) is 12.0. The van der Waals surface area contributed by atoms with Crippen molar-refractivity contribution in [2.75, 3.05) is 7.05 Å². The number of sulfonamides is 1. The number of hydrogen-bond donors (Lipinski definition) is 0. The first kappa shape index (κ1) is 15.6. The van der Waals surface area contributed by atoms with E-state index >= 15 is 0 Å². The van der Waals surface area contributed by atoms with E-state index in [4.69, 9.17) is 0 Å². The fraction of sp³-hybridized carbons (Fsp3) is 0.111. The van der Waals surface area contributed by atoms with Crippen LogP contribution < -0.4 is 0 Å². The molecule has 0 fully saturated rings. The van der Waals surface area contributed by atoms with Gasteiger partial charge in [-0.05, 0) is 40.6 Å². The van der Waals surface area contributed by atoms with Gasteiger partial charge in [-0.15, -0.1) is 0 Å². The highest BCUT2D eigenvalue weighted by molar-refractivity contribution is 7.89. The lowest BCUT2D eigenvalue weighted by molar-refractivity contribution is 0.468. The molecule has 0 radical (unpaired) electrons. The number of halogens is 1. The molecule has 3 rings (SSSR count). The molecule has 0 N–H and O–H groups in total. The van der Waals surface area contributed by atoms with Gasteiger partial charge in [0.05, 0.1) is 4.90 Å². The topological polar surface area (TPSA) is 37.4 Å². The van der Waals surface area contributed by atoms with Crippen molar-refractivity contribution in [3.63, 3.8) is 0 Å². The molecule has 3 aromatic carbocycles. The molecule has 0 atom stereocenters. The minimum absolute atomic E-state index is 0.0848. The SMILES string of the molecule is CN(Cc1cccc2ccccc12)S(=O)(=O)c1ccc(F)cc1. The summed E-state index contributed by atoms with van der Waals surface area (Å²) in [6.07, 6.45) is 0. The zero-order valence-corrected chi connectivity index (χ0v) is 13.4. The minimum atomic E-state index is -3.66. The predicted octanol–water partition coefficient (Wildman–Crippen LogP) is 3.80. The van der Waals surface area contributed by atoms with Gasteiger partial charge >= 0.3 is 0 Å². The van der Waals surface area contributed by atoms with Gasteiger partial charge in [-0.25, -0.2) is 12.8 Å². The molecule has 0 aliphatic carbocycles. The van der Waals surface area contributed by atoms with Gasteiger partial charge in [0, 0.05) is 13.6 Å². The van der Waals surface area contributed by atoms with E-state index in [1.165, 1.54) is 23.5 Å².